The molecular weight excluding hydrogens is 497 g/mol. The molecule has 2 aromatic rings. The minimum absolute atomic E-state index is 0.0258. The van der Waals surface area contributed by atoms with Crippen molar-refractivity contribution < 1.29 is 13.9 Å². The number of amidine groups is 1. The van der Waals surface area contributed by atoms with Gasteiger partial charge in [0, 0.05) is 6.54 Å². The van der Waals surface area contributed by atoms with Crippen LogP contribution in [0.4, 0.5) is 4.39 Å². The number of benzene rings is 2. The second kappa shape index (κ2) is 12.0. The number of aliphatic imine (C=N–C) groups is 1. The van der Waals surface area contributed by atoms with E-state index in [2.05, 4.69) is 46.6 Å². The number of hydrogen-bond acceptors (Lipinski definition) is 6. The molecule has 2 heterocycles. The van der Waals surface area contributed by atoms with Crippen molar-refractivity contribution in [3.63, 3.8) is 0 Å². The van der Waals surface area contributed by atoms with E-state index in [1.54, 1.807) is 17.8 Å². The van der Waals surface area contributed by atoms with E-state index in [0.717, 1.165) is 35.4 Å². The zero-order valence-electron chi connectivity index (χ0n) is 21.7. The summed E-state index contributed by atoms with van der Waals surface area (Å²) in [5.41, 5.74) is 2.36. The van der Waals surface area contributed by atoms with Crippen molar-refractivity contribution >= 4 is 16.9 Å². The van der Waals surface area contributed by atoms with Crippen molar-refractivity contribution in [1.82, 2.24) is 10.2 Å². The van der Waals surface area contributed by atoms with E-state index in [4.69, 9.17) is 14.5 Å². The minimum atomic E-state index is -0.169. The Morgan fingerprint density at radius 3 is 2.47 bits per heavy atom. The molecule has 0 radical (unpaired) electrons. The van der Waals surface area contributed by atoms with Gasteiger partial charge in [-0.15, -0.1) is 0 Å². The third-order valence-corrected chi connectivity index (χ3v) is 8.83. The number of thioether (sulfide) groups is 1. The van der Waals surface area contributed by atoms with Crippen LogP contribution in [0.25, 0.3) is 0 Å². The summed E-state index contributed by atoms with van der Waals surface area (Å²) in [5, 5.41) is 4.62. The molecule has 1 saturated carbocycles. The van der Waals surface area contributed by atoms with Crippen LogP contribution in [-0.4, -0.2) is 47.6 Å². The average Bonchev–Trinajstić information content (AvgIpc) is 3.72. The Bertz CT molecular complexity index is 1170. The van der Waals surface area contributed by atoms with Crippen molar-refractivity contribution in [3.8, 4) is 11.5 Å². The number of fused-ring (bicyclic) bond motifs is 1. The summed E-state index contributed by atoms with van der Waals surface area (Å²) in [4.78, 5) is 7.27. The number of piperidine rings is 1. The monoisotopic (exact) mass is 533 g/mol. The first-order chi connectivity index (χ1) is 18.7. The molecule has 1 N–H and O–H groups in total. The highest BCUT2D eigenvalue weighted by atomic mass is 32.2. The van der Waals surface area contributed by atoms with Gasteiger partial charge in [0.05, 0.1) is 17.3 Å². The van der Waals surface area contributed by atoms with Crippen LogP contribution in [0.15, 0.2) is 77.6 Å². The number of hydrogen-bond donors (Lipinski definition) is 1. The maximum atomic E-state index is 13.6. The zero-order valence-corrected chi connectivity index (χ0v) is 22.5. The van der Waals surface area contributed by atoms with Gasteiger partial charge in [0.25, 0.3) is 0 Å². The molecular formula is C31H36FN3O2S. The number of halogens is 1. The van der Waals surface area contributed by atoms with Crippen LogP contribution in [0, 0.1) is 5.92 Å². The normalized spacial score (nSPS) is 23.8. The first kappa shape index (κ1) is 25.5. The minimum Gasteiger partial charge on any atom is -0.492 e. The molecule has 0 aromatic heterocycles. The Kier molecular flexibility index (Phi) is 8.02. The third-order valence-electron chi connectivity index (χ3n) is 7.69. The molecule has 2 aromatic carbocycles. The highest BCUT2D eigenvalue weighted by Gasteiger charge is 2.36. The largest absolute Gasteiger partial charge is 0.492 e. The van der Waals surface area contributed by atoms with Gasteiger partial charge in [0.2, 0.25) is 0 Å². The van der Waals surface area contributed by atoms with Gasteiger partial charge in [-0.25, -0.2) is 4.39 Å². The van der Waals surface area contributed by atoms with E-state index < -0.39 is 0 Å². The lowest BCUT2D eigenvalue weighted by atomic mass is 10.0. The highest BCUT2D eigenvalue weighted by molar-refractivity contribution is 8.14. The van der Waals surface area contributed by atoms with Gasteiger partial charge >= 0.3 is 0 Å². The fourth-order valence-corrected chi connectivity index (χ4v) is 6.45. The molecule has 0 spiro atoms. The Hall–Kier alpha value is -2.77. The van der Waals surface area contributed by atoms with Crippen LogP contribution in [0.2, 0.25) is 0 Å². The maximum Gasteiger partial charge on any atom is 0.158 e. The summed E-state index contributed by atoms with van der Waals surface area (Å²) >= 11 is 1.62. The summed E-state index contributed by atoms with van der Waals surface area (Å²) in [6.07, 6.45) is 11.5. The van der Waals surface area contributed by atoms with Gasteiger partial charge < -0.3 is 14.8 Å². The molecule has 3 atom stereocenters. The summed E-state index contributed by atoms with van der Waals surface area (Å²) in [5.74, 6) is 2.21. The van der Waals surface area contributed by atoms with E-state index in [1.165, 1.54) is 56.8 Å². The Labute approximate surface area is 229 Å². The smallest absolute Gasteiger partial charge is 0.158 e. The summed E-state index contributed by atoms with van der Waals surface area (Å²) < 4.78 is 25.6. The van der Waals surface area contributed by atoms with Crippen molar-refractivity contribution in [2.45, 2.75) is 56.0 Å². The predicted molar refractivity (Wildman–Crippen MR) is 153 cm³/mol. The molecule has 200 valence electrons. The second-order valence-electron chi connectivity index (χ2n) is 10.6. The Morgan fingerprint density at radius 1 is 0.974 bits per heavy atom. The Balaban J connectivity index is 0.982. The van der Waals surface area contributed by atoms with E-state index in [1.807, 2.05) is 18.2 Å². The fourth-order valence-electron chi connectivity index (χ4n) is 5.33. The molecule has 0 bridgehead atoms. The molecule has 1 saturated heterocycles. The molecule has 3 unspecified atom stereocenters. The van der Waals surface area contributed by atoms with Gasteiger partial charge in [-0.2, -0.15) is 0 Å². The number of rotatable bonds is 10. The van der Waals surface area contributed by atoms with Gasteiger partial charge in [-0.3, -0.25) is 9.89 Å². The molecule has 38 heavy (non-hydrogen) atoms. The van der Waals surface area contributed by atoms with Crippen LogP contribution in [0.1, 0.15) is 49.3 Å². The third kappa shape index (κ3) is 6.62. The fraction of sp³-hybridized carbons (Fsp3) is 0.452. The standard InChI is InChI=1S/C31H36FN3O2S/c32-25-10-15-28-29(20-25)38-31(33-28)34-30(23-6-7-23)24-8-13-27(14-9-24)37-21-22-4-11-26(12-5-22)36-19-18-35-16-2-1-3-17-35/h4-5,8-15,20,23,28-30H,1-3,6-7,16-19,21H2,(H,33,34). The van der Waals surface area contributed by atoms with E-state index in [9.17, 15) is 4.39 Å². The van der Waals surface area contributed by atoms with E-state index in [0.29, 0.717) is 12.5 Å². The second-order valence-corrected chi connectivity index (χ2v) is 11.8. The zero-order chi connectivity index (χ0) is 25.7. The van der Waals surface area contributed by atoms with Gasteiger partial charge in [-0.1, -0.05) is 48.5 Å². The average molecular weight is 534 g/mol. The SMILES string of the molecule is FC1=CC2SC(NC(c3ccc(OCc4ccc(OCCN5CCCCC5)cc4)cc3)C3CC3)=NC2C=C1. The van der Waals surface area contributed by atoms with Crippen LogP contribution >= 0.6 is 11.8 Å². The van der Waals surface area contributed by atoms with Crippen molar-refractivity contribution in [3.05, 3.63) is 83.7 Å². The van der Waals surface area contributed by atoms with Gasteiger partial charge in [0.15, 0.2) is 5.17 Å². The molecule has 4 aliphatic rings. The number of likely N-dealkylation sites (tertiary alicyclic amines) is 1. The molecule has 7 heteroatoms. The van der Waals surface area contributed by atoms with Crippen LogP contribution in [0.3, 0.4) is 0 Å². The first-order valence-electron chi connectivity index (χ1n) is 13.9. The number of ether oxygens (including phenoxy) is 2. The molecule has 0 amide bonds. The Morgan fingerprint density at radius 2 is 1.71 bits per heavy atom. The lowest BCUT2D eigenvalue weighted by Gasteiger charge is -2.26. The highest BCUT2D eigenvalue weighted by Crippen LogP contribution is 2.43. The topological polar surface area (TPSA) is 46.1 Å². The molecule has 2 aliphatic heterocycles. The summed E-state index contributed by atoms with van der Waals surface area (Å²) in [6.45, 7) is 4.65. The van der Waals surface area contributed by atoms with Crippen molar-refractivity contribution in [2.24, 2.45) is 10.9 Å². The van der Waals surface area contributed by atoms with Gasteiger partial charge in [-0.05, 0) is 92.2 Å². The van der Waals surface area contributed by atoms with Crippen LogP contribution in [0.5, 0.6) is 11.5 Å². The first-order valence-corrected chi connectivity index (χ1v) is 14.8. The van der Waals surface area contributed by atoms with Crippen LogP contribution < -0.4 is 14.8 Å². The lowest BCUT2D eigenvalue weighted by molar-refractivity contribution is 0.183. The molecule has 6 rings (SSSR count). The van der Waals surface area contributed by atoms with E-state index >= 15 is 0 Å². The summed E-state index contributed by atoms with van der Waals surface area (Å²) in [6, 6.07) is 16.9. The van der Waals surface area contributed by atoms with Crippen LogP contribution in [-0.2, 0) is 6.61 Å². The number of nitrogens with zero attached hydrogens (tertiary/aromatic N) is 2. The molecule has 2 aliphatic carbocycles. The number of nitrogens with one attached hydrogen (secondary N) is 1. The number of allylic oxidation sites excluding steroid dienone is 2. The summed E-state index contributed by atoms with van der Waals surface area (Å²) in [7, 11) is 0. The van der Waals surface area contributed by atoms with E-state index in [-0.39, 0.29) is 23.2 Å². The van der Waals surface area contributed by atoms with Gasteiger partial charge in [0.1, 0.15) is 30.5 Å². The quantitative estimate of drug-likeness (QED) is 0.381. The predicted octanol–water partition coefficient (Wildman–Crippen LogP) is 6.43. The van der Waals surface area contributed by atoms with Crippen molar-refractivity contribution in [2.75, 3.05) is 26.2 Å². The molecule has 2 fully saturated rings. The lowest BCUT2D eigenvalue weighted by Crippen LogP contribution is -2.33. The molecule has 5 nitrogen and oxygen atoms in total. The van der Waals surface area contributed by atoms with Crippen molar-refractivity contribution in [1.29, 1.82) is 0 Å². The maximum absolute atomic E-state index is 13.6.